The number of aryl methyl sites for hydroxylation is 1. The minimum atomic E-state index is -0.576. The highest BCUT2D eigenvalue weighted by Crippen LogP contribution is 2.18. The van der Waals surface area contributed by atoms with Crippen molar-refractivity contribution in [3.8, 4) is 0 Å². The number of aliphatic hydroxyl groups is 1. The number of nitrogens with one attached hydrogen (secondary N) is 1. The molecule has 0 aliphatic rings. The Bertz CT molecular complexity index is 514. The zero-order valence-electron chi connectivity index (χ0n) is 10.3. The number of pyridine rings is 1. The molecule has 94 valence electrons. The molecule has 2 rings (SSSR count). The van der Waals surface area contributed by atoms with E-state index in [1.807, 2.05) is 43.3 Å². The first-order valence-corrected chi connectivity index (χ1v) is 5.87. The van der Waals surface area contributed by atoms with Crippen LogP contribution in [0.15, 0.2) is 42.5 Å². The zero-order valence-corrected chi connectivity index (χ0v) is 10.3. The van der Waals surface area contributed by atoms with Gasteiger partial charge in [-0.3, -0.25) is 0 Å². The van der Waals surface area contributed by atoms with Gasteiger partial charge >= 0.3 is 0 Å². The van der Waals surface area contributed by atoms with Gasteiger partial charge in [0.1, 0.15) is 5.82 Å². The molecule has 4 heteroatoms. The molecule has 1 aromatic carbocycles. The number of nitrogen functional groups attached to an aromatic ring is 1. The maximum Gasteiger partial charge on any atom is 0.149 e. The Labute approximate surface area is 106 Å². The first-order chi connectivity index (χ1) is 8.66. The first kappa shape index (κ1) is 12.4. The molecule has 1 heterocycles. The van der Waals surface area contributed by atoms with Crippen molar-refractivity contribution in [2.24, 2.45) is 0 Å². The molecule has 2 aromatic rings. The second-order valence-electron chi connectivity index (χ2n) is 4.20. The van der Waals surface area contributed by atoms with Gasteiger partial charge in [-0.15, -0.1) is 0 Å². The minimum Gasteiger partial charge on any atom is -0.396 e. The second kappa shape index (κ2) is 5.51. The van der Waals surface area contributed by atoms with Crippen LogP contribution in [0.2, 0.25) is 0 Å². The van der Waals surface area contributed by atoms with Crippen LogP contribution in [0.4, 0.5) is 11.5 Å². The lowest BCUT2D eigenvalue weighted by molar-refractivity contribution is 0.191. The van der Waals surface area contributed by atoms with Gasteiger partial charge in [-0.05, 0) is 24.6 Å². The Hall–Kier alpha value is -2.07. The number of hydrogen-bond acceptors (Lipinski definition) is 4. The molecule has 1 atom stereocenters. The molecule has 0 amide bonds. The van der Waals surface area contributed by atoms with E-state index >= 15 is 0 Å². The normalized spacial score (nSPS) is 12.1. The van der Waals surface area contributed by atoms with Crippen LogP contribution in [0, 0.1) is 6.92 Å². The number of aromatic nitrogens is 1. The third-order valence-electron chi connectivity index (χ3n) is 2.71. The smallest absolute Gasteiger partial charge is 0.149 e. The summed E-state index contributed by atoms with van der Waals surface area (Å²) >= 11 is 0. The number of rotatable bonds is 4. The highest BCUT2D eigenvalue weighted by atomic mass is 16.3. The van der Waals surface area contributed by atoms with E-state index in [0.29, 0.717) is 18.1 Å². The maximum absolute atomic E-state index is 10.0. The standard InChI is InChI=1S/C14H17N3O/c1-10-7-8-12(15)14(17-10)16-9-13(18)11-5-3-2-4-6-11/h2-8,13,18H,9,15H2,1H3,(H,16,17). The Morgan fingerprint density at radius 1 is 1.22 bits per heavy atom. The van der Waals surface area contributed by atoms with E-state index < -0.39 is 6.10 Å². The third-order valence-corrected chi connectivity index (χ3v) is 2.71. The predicted octanol–water partition coefficient (Wildman–Crippen LogP) is 2.12. The van der Waals surface area contributed by atoms with Crippen LogP contribution in [-0.4, -0.2) is 16.6 Å². The molecule has 0 bridgehead atoms. The lowest BCUT2D eigenvalue weighted by atomic mass is 10.1. The first-order valence-electron chi connectivity index (χ1n) is 5.87. The van der Waals surface area contributed by atoms with Crippen molar-refractivity contribution in [1.29, 1.82) is 0 Å². The summed E-state index contributed by atoms with van der Waals surface area (Å²) in [6, 6.07) is 13.2. The number of aliphatic hydroxyl groups excluding tert-OH is 1. The van der Waals surface area contributed by atoms with Gasteiger partial charge in [0.05, 0.1) is 11.8 Å². The molecule has 0 saturated carbocycles. The number of benzene rings is 1. The monoisotopic (exact) mass is 243 g/mol. The molecule has 0 aliphatic carbocycles. The Kier molecular flexibility index (Phi) is 3.79. The lowest BCUT2D eigenvalue weighted by Gasteiger charge is -2.14. The number of nitrogens with two attached hydrogens (primary N) is 1. The van der Waals surface area contributed by atoms with E-state index in [0.717, 1.165) is 11.3 Å². The van der Waals surface area contributed by atoms with Gasteiger partial charge in [0.15, 0.2) is 0 Å². The van der Waals surface area contributed by atoms with Crippen molar-refractivity contribution in [1.82, 2.24) is 4.98 Å². The van der Waals surface area contributed by atoms with E-state index in [-0.39, 0.29) is 0 Å². The van der Waals surface area contributed by atoms with Crippen molar-refractivity contribution < 1.29 is 5.11 Å². The summed E-state index contributed by atoms with van der Waals surface area (Å²) < 4.78 is 0. The predicted molar refractivity (Wildman–Crippen MR) is 73.3 cm³/mol. The Balaban J connectivity index is 2.01. The summed E-state index contributed by atoms with van der Waals surface area (Å²) in [5, 5.41) is 13.1. The molecule has 1 aromatic heterocycles. The minimum absolute atomic E-state index is 0.380. The average Bonchev–Trinajstić information content (AvgIpc) is 2.40. The maximum atomic E-state index is 10.0. The van der Waals surface area contributed by atoms with Gasteiger partial charge in [-0.2, -0.15) is 0 Å². The van der Waals surface area contributed by atoms with Gasteiger partial charge in [0.25, 0.3) is 0 Å². The van der Waals surface area contributed by atoms with Crippen molar-refractivity contribution in [3.63, 3.8) is 0 Å². The molecule has 18 heavy (non-hydrogen) atoms. The number of anilines is 2. The molecule has 0 spiro atoms. The van der Waals surface area contributed by atoms with Gasteiger partial charge < -0.3 is 16.2 Å². The van der Waals surface area contributed by atoms with Crippen molar-refractivity contribution in [3.05, 3.63) is 53.7 Å². The van der Waals surface area contributed by atoms with E-state index in [1.54, 1.807) is 6.07 Å². The van der Waals surface area contributed by atoms with Crippen LogP contribution in [-0.2, 0) is 0 Å². The van der Waals surface area contributed by atoms with Gasteiger partial charge in [0.2, 0.25) is 0 Å². The summed E-state index contributed by atoms with van der Waals surface area (Å²) in [4.78, 5) is 4.29. The fraction of sp³-hybridized carbons (Fsp3) is 0.214. The lowest BCUT2D eigenvalue weighted by Crippen LogP contribution is -2.14. The molecule has 0 saturated heterocycles. The summed E-state index contributed by atoms with van der Waals surface area (Å²) in [5.74, 6) is 0.616. The van der Waals surface area contributed by atoms with Gasteiger partial charge in [-0.1, -0.05) is 30.3 Å². The molecular formula is C14H17N3O. The quantitative estimate of drug-likeness (QED) is 0.769. The topological polar surface area (TPSA) is 71.2 Å². The zero-order chi connectivity index (χ0) is 13.0. The van der Waals surface area contributed by atoms with E-state index in [2.05, 4.69) is 10.3 Å². The van der Waals surface area contributed by atoms with Crippen LogP contribution >= 0.6 is 0 Å². The average molecular weight is 243 g/mol. The van der Waals surface area contributed by atoms with Crippen LogP contribution in [0.5, 0.6) is 0 Å². The molecular weight excluding hydrogens is 226 g/mol. The second-order valence-corrected chi connectivity index (χ2v) is 4.20. The van der Waals surface area contributed by atoms with Gasteiger partial charge in [0, 0.05) is 12.2 Å². The van der Waals surface area contributed by atoms with E-state index in [9.17, 15) is 5.11 Å². The molecule has 0 fully saturated rings. The molecule has 0 radical (unpaired) electrons. The number of nitrogens with zero attached hydrogens (tertiary/aromatic N) is 1. The molecule has 0 aliphatic heterocycles. The van der Waals surface area contributed by atoms with Crippen molar-refractivity contribution in [2.45, 2.75) is 13.0 Å². The third kappa shape index (κ3) is 2.99. The largest absolute Gasteiger partial charge is 0.396 e. The molecule has 1 unspecified atom stereocenters. The molecule has 4 nitrogen and oxygen atoms in total. The fourth-order valence-electron chi connectivity index (χ4n) is 1.70. The van der Waals surface area contributed by atoms with E-state index in [4.69, 9.17) is 5.73 Å². The summed E-state index contributed by atoms with van der Waals surface area (Å²) in [6.07, 6.45) is -0.576. The highest BCUT2D eigenvalue weighted by Gasteiger charge is 2.08. The summed E-state index contributed by atoms with van der Waals surface area (Å²) in [7, 11) is 0. The van der Waals surface area contributed by atoms with E-state index in [1.165, 1.54) is 0 Å². The summed E-state index contributed by atoms with van der Waals surface area (Å²) in [5.41, 5.74) is 8.15. The summed E-state index contributed by atoms with van der Waals surface area (Å²) in [6.45, 7) is 2.28. The highest BCUT2D eigenvalue weighted by molar-refractivity contribution is 5.61. The van der Waals surface area contributed by atoms with Crippen LogP contribution < -0.4 is 11.1 Å². The Morgan fingerprint density at radius 3 is 2.67 bits per heavy atom. The fourth-order valence-corrected chi connectivity index (χ4v) is 1.70. The van der Waals surface area contributed by atoms with Gasteiger partial charge in [-0.25, -0.2) is 4.98 Å². The van der Waals surface area contributed by atoms with Crippen LogP contribution in [0.25, 0.3) is 0 Å². The van der Waals surface area contributed by atoms with Crippen LogP contribution in [0.3, 0.4) is 0 Å². The van der Waals surface area contributed by atoms with Crippen molar-refractivity contribution >= 4 is 11.5 Å². The van der Waals surface area contributed by atoms with Crippen LogP contribution in [0.1, 0.15) is 17.4 Å². The Morgan fingerprint density at radius 2 is 1.94 bits per heavy atom. The molecule has 4 N–H and O–H groups in total. The number of hydrogen-bond donors (Lipinski definition) is 3. The SMILES string of the molecule is Cc1ccc(N)c(NCC(O)c2ccccc2)n1. The van der Waals surface area contributed by atoms with Crippen molar-refractivity contribution in [2.75, 3.05) is 17.6 Å².